The Balaban J connectivity index is 1.94. The zero-order chi connectivity index (χ0) is 27.0. The highest BCUT2D eigenvalue weighted by atomic mass is 32.2. The minimum atomic E-state index is -3.81. The van der Waals surface area contributed by atoms with E-state index in [9.17, 15) is 8.42 Å². The van der Waals surface area contributed by atoms with Crippen molar-refractivity contribution in [2.24, 2.45) is 18.9 Å². The highest BCUT2D eigenvalue weighted by molar-refractivity contribution is 7.89. The lowest BCUT2D eigenvalue weighted by Gasteiger charge is -2.27. The molecule has 2 atom stereocenters. The molecule has 1 aromatic heterocycles. The van der Waals surface area contributed by atoms with Gasteiger partial charge >= 0.3 is 15.9 Å². The summed E-state index contributed by atoms with van der Waals surface area (Å²) in [4.78, 5) is 0.218. The minimum Gasteiger partial charge on any atom is -0.406 e. The van der Waals surface area contributed by atoms with Crippen molar-refractivity contribution < 1.29 is 25.8 Å². The molecule has 0 aliphatic heterocycles. The lowest BCUT2D eigenvalue weighted by Crippen LogP contribution is -2.31. The third kappa shape index (κ3) is 7.37. The Morgan fingerprint density at radius 2 is 2.03 bits per heavy atom. The van der Waals surface area contributed by atoms with Gasteiger partial charge in [-0.05, 0) is 62.8 Å². The van der Waals surface area contributed by atoms with Crippen molar-refractivity contribution >= 4 is 16.2 Å². The van der Waals surface area contributed by atoms with Gasteiger partial charge in [-0.1, -0.05) is 56.6 Å². The highest BCUT2D eigenvalue weighted by Crippen LogP contribution is 2.32. The number of aromatic nitrogens is 1. The molecule has 1 fully saturated rings. The lowest BCUT2D eigenvalue weighted by atomic mass is 9.77. The molecule has 0 radical (unpaired) electrons. The van der Waals surface area contributed by atoms with Gasteiger partial charge in [0.15, 0.2) is 19.0 Å². The van der Waals surface area contributed by atoms with Crippen LogP contribution in [0.5, 0.6) is 0 Å². The number of hydrogen-bond donors (Lipinski definition) is 0. The van der Waals surface area contributed by atoms with E-state index in [0.717, 1.165) is 37.7 Å². The largest absolute Gasteiger partial charge is 0.406 e. The monoisotopic (exact) mass is 528 g/mol. The SMILES string of the molecule is C=C(C)C=CC(=CC)S(=O)(=O)[N+](=CC1CCCCC1CCC)CCc1ccc(-c2occ[n+]2C)cc1F. The van der Waals surface area contributed by atoms with Gasteiger partial charge in [0.25, 0.3) is 0 Å². The number of oxazole rings is 1. The fraction of sp³-hybridized carbons (Fsp3) is 0.467. The number of nitrogens with zero attached hydrogens (tertiary/aromatic N) is 2. The maximum Gasteiger partial charge on any atom is 0.394 e. The van der Waals surface area contributed by atoms with Gasteiger partial charge < -0.3 is 4.42 Å². The van der Waals surface area contributed by atoms with E-state index in [2.05, 4.69) is 13.5 Å². The summed E-state index contributed by atoms with van der Waals surface area (Å²) >= 11 is 0. The second kappa shape index (κ2) is 13.1. The normalized spacial score (nSPS) is 19.5. The van der Waals surface area contributed by atoms with Crippen molar-refractivity contribution in [3.63, 3.8) is 0 Å². The molecule has 1 aliphatic carbocycles. The van der Waals surface area contributed by atoms with Gasteiger partial charge in [-0.25, -0.2) is 4.39 Å². The Kier molecular flexibility index (Phi) is 10.2. The maximum absolute atomic E-state index is 15.1. The second-order valence-electron chi connectivity index (χ2n) is 10.0. The number of allylic oxidation sites excluding steroid dienone is 4. The topological polar surface area (TPSA) is 54.2 Å². The summed E-state index contributed by atoms with van der Waals surface area (Å²) in [5.41, 5.74) is 1.88. The van der Waals surface area contributed by atoms with E-state index >= 15 is 4.39 Å². The summed E-state index contributed by atoms with van der Waals surface area (Å²) in [6.45, 7) is 9.74. The Labute approximate surface area is 221 Å². The first-order valence-corrected chi connectivity index (χ1v) is 14.7. The van der Waals surface area contributed by atoms with Crippen LogP contribution in [0.3, 0.4) is 0 Å². The molecule has 5 nitrogen and oxygen atoms in total. The fourth-order valence-corrected chi connectivity index (χ4v) is 6.52. The van der Waals surface area contributed by atoms with Crippen molar-refractivity contribution in [2.75, 3.05) is 6.54 Å². The molecule has 3 rings (SSSR count). The first-order valence-electron chi connectivity index (χ1n) is 13.3. The Morgan fingerprint density at radius 1 is 1.27 bits per heavy atom. The Hall–Kier alpha value is -2.80. The van der Waals surface area contributed by atoms with Crippen LogP contribution in [-0.2, 0) is 23.5 Å². The molecule has 7 heteroatoms. The summed E-state index contributed by atoms with van der Waals surface area (Å²) < 4.78 is 51.4. The molecule has 1 aliphatic rings. The molecule has 2 aromatic rings. The molecular weight excluding hydrogens is 487 g/mol. The average molecular weight is 529 g/mol. The average Bonchev–Trinajstić information content (AvgIpc) is 3.29. The van der Waals surface area contributed by atoms with E-state index < -0.39 is 10.0 Å². The number of sulfonamides is 1. The Morgan fingerprint density at radius 3 is 2.65 bits per heavy atom. The maximum atomic E-state index is 15.1. The number of halogens is 1. The zero-order valence-corrected chi connectivity index (χ0v) is 23.4. The summed E-state index contributed by atoms with van der Waals surface area (Å²) in [5, 5.41) is 0. The highest BCUT2D eigenvalue weighted by Gasteiger charge is 2.33. The third-order valence-corrected chi connectivity index (χ3v) is 8.98. The van der Waals surface area contributed by atoms with E-state index in [1.807, 2.05) is 26.3 Å². The van der Waals surface area contributed by atoms with Crippen molar-refractivity contribution in [3.8, 4) is 11.5 Å². The summed E-state index contributed by atoms with van der Waals surface area (Å²) in [6, 6.07) is 4.98. The predicted octanol–water partition coefficient (Wildman–Crippen LogP) is 6.51. The summed E-state index contributed by atoms with van der Waals surface area (Å²) in [7, 11) is -1.97. The third-order valence-electron chi connectivity index (χ3n) is 7.09. The lowest BCUT2D eigenvalue weighted by molar-refractivity contribution is -0.662. The standard InChI is InChI=1S/C30H41FN2O3S/c1-6-10-24-11-8-9-12-27(24)22-33(37(34,35)28(7-2)16-13-23(3)4)18-17-25-14-15-26(21-29(25)31)30-32(5)19-20-36-30/h7,13-16,19-22,24,27H,3,6,8-12,17-18H2,1-2,4-5H3/q+2. The molecule has 0 bridgehead atoms. The van der Waals surface area contributed by atoms with Gasteiger partial charge in [0.1, 0.15) is 17.8 Å². The molecule has 0 amide bonds. The van der Waals surface area contributed by atoms with Crippen LogP contribution in [0.15, 0.2) is 70.4 Å². The fourth-order valence-electron chi connectivity index (χ4n) is 5.06. The van der Waals surface area contributed by atoms with E-state index in [1.165, 1.54) is 16.5 Å². The first kappa shape index (κ1) is 28.8. The number of rotatable bonds is 11. The van der Waals surface area contributed by atoms with E-state index in [1.54, 1.807) is 48.2 Å². The molecule has 0 saturated heterocycles. The number of benzene rings is 1. The van der Waals surface area contributed by atoms with Crippen LogP contribution >= 0.6 is 0 Å². The molecule has 1 aromatic carbocycles. The first-order chi connectivity index (χ1) is 17.7. The van der Waals surface area contributed by atoms with E-state index in [4.69, 9.17) is 4.42 Å². The summed E-state index contributed by atoms with van der Waals surface area (Å²) in [6.07, 6.45) is 17.0. The minimum absolute atomic E-state index is 0.167. The van der Waals surface area contributed by atoms with Gasteiger partial charge in [-0.2, -0.15) is 13.0 Å². The van der Waals surface area contributed by atoms with Crippen LogP contribution < -0.4 is 4.57 Å². The van der Waals surface area contributed by atoms with E-state index in [-0.39, 0.29) is 29.6 Å². The van der Waals surface area contributed by atoms with Gasteiger partial charge in [-0.15, -0.1) is 3.98 Å². The molecule has 1 heterocycles. The van der Waals surface area contributed by atoms with Gasteiger partial charge in [0, 0.05) is 12.3 Å². The van der Waals surface area contributed by atoms with Crippen molar-refractivity contribution in [1.29, 1.82) is 0 Å². The second-order valence-corrected chi connectivity index (χ2v) is 11.9. The molecule has 0 N–H and O–H groups in total. The molecular formula is C30H41FN2O3S+2. The van der Waals surface area contributed by atoms with Gasteiger partial charge in [-0.3, -0.25) is 0 Å². The van der Waals surface area contributed by atoms with Crippen molar-refractivity contribution in [2.45, 2.75) is 65.7 Å². The van der Waals surface area contributed by atoms with Crippen LogP contribution in [0.25, 0.3) is 11.5 Å². The van der Waals surface area contributed by atoms with Gasteiger partial charge in [0.2, 0.25) is 6.20 Å². The van der Waals surface area contributed by atoms with Crippen molar-refractivity contribution in [1.82, 2.24) is 0 Å². The predicted molar refractivity (Wildman–Crippen MR) is 147 cm³/mol. The summed E-state index contributed by atoms with van der Waals surface area (Å²) in [5.74, 6) is 0.852. The van der Waals surface area contributed by atoms with Crippen molar-refractivity contribution in [3.05, 3.63) is 77.3 Å². The Bertz CT molecular complexity index is 1290. The number of hydrogen-bond acceptors (Lipinski definition) is 3. The van der Waals surface area contributed by atoms with Crippen LogP contribution in [-0.4, -0.2) is 25.2 Å². The smallest absolute Gasteiger partial charge is 0.394 e. The van der Waals surface area contributed by atoms with Crippen LogP contribution in [0.1, 0.15) is 64.9 Å². The van der Waals surface area contributed by atoms with Gasteiger partial charge in [0.05, 0.1) is 5.56 Å². The van der Waals surface area contributed by atoms with Crippen LogP contribution in [0.4, 0.5) is 4.39 Å². The van der Waals surface area contributed by atoms with Crippen LogP contribution in [0.2, 0.25) is 0 Å². The van der Waals surface area contributed by atoms with Crippen LogP contribution in [0, 0.1) is 17.7 Å². The molecule has 2 unspecified atom stereocenters. The number of aryl methyl sites for hydroxylation is 1. The molecule has 0 spiro atoms. The molecule has 37 heavy (non-hydrogen) atoms. The quantitative estimate of drug-likeness (QED) is 0.190. The molecule has 1 saturated carbocycles. The van der Waals surface area contributed by atoms with E-state index in [0.29, 0.717) is 22.9 Å². The zero-order valence-electron chi connectivity index (χ0n) is 22.6. The molecule has 200 valence electrons.